The number of sulfone groups is 1. The highest BCUT2D eigenvalue weighted by molar-refractivity contribution is 7.92. The Bertz CT molecular complexity index is 472. The Hall–Kier alpha value is -1.09. The summed E-state index contributed by atoms with van der Waals surface area (Å²) in [5.74, 6) is 0. The molecule has 1 aromatic rings. The quantitative estimate of drug-likeness (QED) is 0.554. The molecule has 0 aliphatic heterocycles. The molecular weight excluding hydrogens is 244 g/mol. The van der Waals surface area contributed by atoms with Gasteiger partial charge in [-0.25, -0.2) is 8.42 Å². The number of benzene rings is 1. The number of hydrogen-bond donors (Lipinski definition) is 0. The van der Waals surface area contributed by atoms with Crippen molar-refractivity contribution in [3.63, 3.8) is 0 Å². The molecule has 1 atom stereocenters. The second kappa shape index (κ2) is 6.74. The minimum Gasteiger partial charge on any atom is -0.223 e. The van der Waals surface area contributed by atoms with Gasteiger partial charge in [0.15, 0.2) is 9.84 Å². The van der Waals surface area contributed by atoms with Gasteiger partial charge in [0.25, 0.3) is 0 Å². The molecule has 0 spiro atoms. The first-order valence-corrected chi connectivity index (χ1v) is 8.00. The normalized spacial score (nSPS) is 13.2. The summed E-state index contributed by atoms with van der Waals surface area (Å²) in [4.78, 5) is 0.398. The molecule has 0 bridgehead atoms. The molecule has 0 saturated carbocycles. The van der Waals surface area contributed by atoms with Crippen LogP contribution in [-0.2, 0) is 9.84 Å². The van der Waals surface area contributed by atoms with Crippen LogP contribution in [0.2, 0.25) is 0 Å². The highest BCUT2D eigenvalue weighted by Crippen LogP contribution is 2.21. The van der Waals surface area contributed by atoms with Crippen molar-refractivity contribution in [2.45, 2.75) is 49.7 Å². The van der Waals surface area contributed by atoms with E-state index in [-0.39, 0.29) is 0 Å². The average molecular weight is 266 g/mol. The molecule has 3 heteroatoms. The van der Waals surface area contributed by atoms with Gasteiger partial charge in [-0.1, -0.05) is 50.0 Å². The van der Waals surface area contributed by atoms with Crippen LogP contribution in [-0.4, -0.2) is 13.7 Å². The summed E-state index contributed by atoms with van der Waals surface area (Å²) in [6, 6.07) is 7.03. The smallest absolute Gasteiger partial charge is 0.184 e. The predicted octanol–water partition coefficient (Wildman–Crippen LogP) is 3.90. The van der Waals surface area contributed by atoms with Crippen LogP contribution >= 0.6 is 0 Å². The van der Waals surface area contributed by atoms with Gasteiger partial charge in [-0.3, -0.25) is 0 Å². The van der Waals surface area contributed by atoms with Crippen molar-refractivity contribution in [1.29, 1.82) is 0 Å². The van der Waals surface area contributed by atoms with Crippen LogP contribution in [0.15, 0.2) is 41.8 Å². The Morgan fingerprint density at radius 1 is 1.22 bits per heavy atom. The van der Waals surface area contributed by atoms with Crippen LogP contribution in [0.4, 0.5) is 0 Å². The van der Waals surface area contributed by atoms with Gasteiger partial charge in [-0.15, -0.1) is 6.58 Å². The number of hydrogen-bond acceptors (Lipinski definition) is 2. The summed E-state index contributed by atoms with van der Waals surface area (Å²) in [5, 5.41) is -0.466. The van der Waals surface area contributed by atoms with E-state index in [1.54, 1.807) is 18.2 Å². The molecule has 0 aliphatic rings. The lowest BCUT2D eigenvalue weighted by molar-refractivity contribution is 0.576. The van der Waals surface area contributed by atoms with Crippen molar-refractivity contribution < 1.29 is 8.42 Å². The zero-order valence-corrected chi connectivity index (χ0v) is 12.0. The summed E-state index contributed by atoms with van der Waals surface area (Å²) in [6.07, 6.45) is 5.30. The van der Waals surface area contributed by atoms with Crippen LogP contribution in [0.5, 0.6) is 0 Å². The van der Waals surface area contributed by atoms with Gasteiger partial charge in [-0.05, 0) is 25.5 Å². The first-order valence-electron chi connectivity index (χ1n) is 6.45. The van der Waals surface area contributed by atoms with Gasteiger partial charge in [0, 0.05) is 0 Å². The lowest BCUT2D eigenvalue weighted by atomic mass is 10.1. The van der Waals surface area contributed by atoms with Crippen molar-refractivity contribution in [2.75, 3.05) is 0 Å². The molecule has 0 fully saturated rings. The third kappa shape index (κ3) is 3.70. The van der Waals surface area contributed by atoms with Gasteiger partial charge in [0.1, 0.15) is 0 Å². The Kier molecular flexibility index (Phi) is 5.60. The highest BCUT2D eigenvalue weighted by atomic mass is 32.2. The van der Waals surface area contributed by atoms with Gasteiger partial charge in [0.2, 0.25) is 0 Å². The van der Waals surface area contributed by atoms with Crippen molar-refractivity contribution >= 4 is 9.84 Å². The van der Waals surface area contributed by atoms with E-state index in [9.17, 15) is 8.42 Å². The van der Waals surface area contributed by atoms with Crippen LogP contribution < -0.4 is 0 Å². The maximum atomic E-state index is 12.4. The van der Waals surface area contributed by atoms with Gasteiger partial charge in [0.05, 0.1) is 10.1 Å². The van der Waals surface area contributed by atoms with E-state index >= 15 is 0 Å². The summed E-state index contributed by atoms with van der Waals surface area (Å²) >= 11 is 0. The van der Waals surface area contributed by atoms with Gasteiger partial charge >= 0.3 is 0 Å². The fourth-order valence-electron chi connectivity index (χ4n) is 1.90. The SMILES string of the molecule is C=C[C@@H](CCCCC)S(=O)(=O)c1ccc(C)cc1. The van der Waals surface area contributed by atoms with E-state index in [4.69, 9.17) is 0 Å². The van der Waals surface area contributed by atoms with Crippen LogP contribution in [0.1, 0.15) is 38.2 Å². The zero-order chi connectivity index (χ0) is 13.6. The van der Waals surface area contributed by atoms with Gasteiger partial charge in [-0.2, -0.15) is 0 Å². The van der Waals surface area contributed by atoms with Gasteiger partial charge < -0.3 is 0 Å². The van der Waals surface area contributed by atoms with Crippen LogP contribution in [0, 0.1) is 6.92 Å². The standard InChI is InChI=1S/C15H22O2S/c1-4-6-7-8-14(5-2)18(16,17)15-11-9-13(3)10-12-15/h5,9-12,14H,2,4,6-8H2,1,3H3/t14-/m0/s1. The summed E-state index contributed by atoms with van der Waals surface area (Å²) < 4.78 is 24.8. The fourth-order valence-corrected chi connectivity index (χ4v) is 3.49. The third-order valence-corrected chi connectivity index (χ3v) is 5.26. The maximum Gasteiger partial charge on any atom is 0.184 e. The van der Waals surface area contributed by atoms with Crippen molar-refractivity contribution in [1.82, 2.24) is 0 Å². The van der Waals surface area contributed by atoms with E-state index < -0.39 is 15.1 Å². The van der Waals surface area contributed by atoms with E-state index in [1.807, 2.05) is 19.1 Å². The number of rotatable bonds is 7. The first-order chi connectivity index (χ1) is 8.52. The minimum atomic E-state index is -3.27. The molecule has 0 saturated heterocycles. The van der Waals surface area contributed by atoms with E-state index in [0.29, 0.717) is 11.3 Å². The Morgan fingerprint density at radius 2 is 1.83 bits per heavy atom. The molecular formula is C15H22O2S. The summed E-state index contributed by atoms with van der Waals surface area (Å²) in [5.41, 5.74) is 1.06. The molecule has 0 unspecified atom stereocenters. The largest absolute Gasteiger partial charge is 0.223 e. The monoisotopic (exact) mass is 266 g/mol. The topological polar surface area (TPSA) is 34.1 Å². The average Bonchev–Trinajstić information content (AvgIpc) is 2.35. The minimum absolute atomic E-state index is 0.398. The van der Waals surface area contributed by atoms with Crippen molar-refractivity contribution in [2.24, 2.45) is 0 Å². The lowest BCUT2D eigenvalue weighted by Crippen LogP contribution is -2.19. The summed E-state index contributed by atoms with van der Waals surface area (Å²) in [7, 11) is -3.27. The molecule has 2 nitrogen and oxygen atoms in total. The molecule has 1 aromatic carbocycles. The molecule has 1 rings (SSSR count). The molecule has 0 heterocycles. The molecule has 0 aliphatic carbocycles. The maximum absolute atomic E-state index is 12.4. The third-order valence-electron chi connectivity index (χ3n) is 3.10. The van der Waals surface area contributed by atoms with E-state index in [1.165, 1.54) is 0 Å². The highest BCUT2D eigenvalue weighted by Gasteiger charge is 2.23. The molecule has 0 aromatic heterocycles. The van der Waals surface area contributed by atoms with Crippen LogP contribution in [0.3, 0.4) is 0 Å². The Morgan fingerprint density at radius 3 is 2.33 bits per heavy atom. The van der Waals surface area contributed by atoms with E-state index in [0.717, 1.165) is 24.8 Å². The van der Waals surface area contributed by atoms with Crippen LogP contribution in [0.25, 0.3) is 0 Å². The molecule has 0 N–H and O–H groups in total. The number of aryl methyl sites for hydroxylation is 1. The predicted molar refractivity (Wildman–Crippen MR) is 76.5 cm³/mol. The number of unbranched alkanes of at least 4 members (excludes halogenated alkanes) is 2. The lowest BCUT2D eigenvalue weighted by Gasteiger charge is -2.13. The second-order valence-electron chi connectivity index (χ2n) is 4.63. The Balaban J connectivity index is 2.89. The first kappa shape index (κ1) is 15.0. The van der Waals surface area contributed by atoms with Crippen molar-refractivity contribution in [3.05, 3.63) is 42.5 Å². The Labute approximate surface area is 111 Å². The zero-order valence-electron chi connectivity index (χ0n) is 11.2. The molecule has 0 amide bonds. The summed E-state index contributed by atoms with van der Waals surface area (Å²) in [6.45, 7) is 7.73. The molecule has 18 heavy (non-hydrogen) atoms. The second-order valence-corrected chi connectivity index (χ2v) is 6.79. The van der Waals surface area contributed by atoms with Crippen molar-refractivity contribution in [3.8, 4) is 0 Å². The van der Waals surface area contributed by atoms with E-state index in [2.05, 4.69) is 13.5 Å². The molecule has 0 radical (unpaired) electrons. The molecule has 100 valence electrons. The fraction of sp³-hybridized carbons (Fsp3) is 0.467.